The van der Waals surface area contributed by atoms with Crippen LogP contribution in [0.25, 0.3) is 0 Å². The third-order valence-corrected chi connectivity index (χ3v) is 5.71. The quantitative estimate of drug-likeness (QED) is 0.623. The lowest BCUT2D eigenvalue weighted by atomic mass is 10.2. The number of nitrogens with one attached hydrogen (secondary N) is 1. The first-order chi connectivity index (χ1) is 14.5. The highest BCUT2D eigenvalue weighted by Gasteiger charge is 2.35. The molecule has 1 saturated heterocycles. The minimum atomic E-state index is -0.500. The van der Waals surface area contributed by atoms with Gasteiger partial charge in [-0.2, -0.15) is 0 Å². The van der Waals surface area contributed by atoms with Crippen LogP contribution in [0.3, 0.4) is 0 Å². The number of aryl methyl sites for hydroxylation is 2. The van der Waals surface area contributed by atoms with Gasteiger partial charge < -0.3 is 14.6 Å². The second-order valence-electron chi connectivity index (χ2n) is 7.18. The van der Waals surface area contributed by atoms with Crippen molar-refractivity contribution in [3.8, 4) is 0 Å². The minimum Gasteiger partial charge on any atom is -0.459 e. The Labute approximate surface area is 178 Å². The van der Waals surface area contributed by atoms with Gasteiger partial charge in [0.2, 0.25) is 5.91 Å². The van der Waals surface area contributed by atoms with Gasteiger partial charge in [0.05, 0.1) is 6.26 Å². The number of hydrogen-bond acceptors (Lipinski definition) is 6. The zero-order chi connectivity index (χ0) is 21.1. The molecule has 0 aliphatic carbocycles. The first-order valence-electron chi connectivity index (χ1n) is 9.75. The predicted molar refractivity (Wildman–Crippen MR) is 113 cm³/mol. The Kier molecular flexibility index (Phi) is 5.85. The van der Waals surface area contributed by atoms with Crippen molar-refractivity contribution in [2.24, 2.45) is 0 Å². The molecule has 0 bridgehead atoms. The van der Waals surface area contributed by atoms with Crippen LogP contribution in [0.1, 0.15) is 34.8 Å². The molecule has 2 amide bonds. The first kappa shape index (κ1) is 20.2. The summed E-state index contributed by atoms with van der Waals surface area (Å²) in [4.78, 5) is 36.8. The van der Waals surface area contributed by atoms with E-state index in [9.17, 15) is 9.59 Å². The molecule has 1 fully saturated rings. The molecule has 154 valence electrons. The van der Waals surface area contributed by atoms with Crippen molar-refractivity contribution in [2.75, 3.05) is 11.9 Å². The maximum atomic E-state index is 12.8. The lowest BCUT2D eigenvalue weighted by molar-refractivity contribution is -0.119. The fourth-order valence-corrected chi connectivity index (χ4v) is 4.36. The van der Waals surface area contributed by atoms with Gasteiger partial charge in [0.1, 0.15) is 6.04 Å². The minimum absolute atomic E-state index is 0.189. The van der Waals surface area contributed by atoms with Crippen LogP contribution in [-0.4, -0.2) is 39.3 Å². The maximum Gasteiger partial charge on any atom is 0.290 e. The lowest BCUT2D eigenvalue weighted by Gasteiger charge is -2.23. The number of aromatic nitrogens is 2. The summed E-state index contributed by atoms with van der Waals surface area (Å²) in [5.74, 6) is -0.187. The summed E-state index contributed by atoms with van der Waals surface area (Å²) in [6.07, 6.45) is 2.88. The number of carbonyl (C=O) groups excluding carboxylic acids is 2. The summed E-state index contributed by atoms with van der Waals surface area (Å²) in [6, 6.07) is 12.2. The summed E-state index contributed by atoms with van der Waals surface area (Å²) in [6.45, 7) is 4.43. The zero-order valence-electron chi connectivity index (χ0n) is 16.8. The third-order valence-electron chi connectivity index (χ3n) is 4.84. The molecule has 1 aliphatic rings. The van der Waals surface area contributed by atoms with Gasteiger partial charge in [0, 0.05) is 28.5 Å². The molecule has 1 N–H and O–H groups in total. The van der Waals surface area contributed by atoms with Gasteiger partial charge in [-0.05, 0) is 80.9 Å². The fraction of sp³-hybridized carbons (Fsp3) is 0.273. The average molecular weight is 423 g/mol. The van der Waals surface area contributed by atoms with Crippen molar-refractivity contribution in [1.29, 1.82) is 0 Å². The summed E-state index contributed by atoms with van der Waals surface area (Å²) in [5.41, 5.74) is 2.54. The first-order valence-corrected chi connectivity index (χ1v) is 10.6. The number of nitrogens with zero attached hydrogens (tertiary/aromatic N) is 3. The predicted octanol–water partition coefficient (Wildman–Crippen LogP) is 4.08. The second kappa shape index (κ2) is 8.71. The van der Waals surface area contributed by atoms with Crippen molar-refractivity contribution in [3.63, 3.8) is 0 Å². The van der Waals surface area contributed by atoms with Gasteiger partial charge in [-0.1, -0.05) is 0 Å². The molecule has 8 heteroatoms. The van der Waals surface area contributed by atoms with Crippen LogP contribution in [0.2, 0.25) is 0 Å². The van der Waals surface area contributed by atoms with E-state index in [1.165, 1.54) is 18.0 Å². The van der Waals surface area contributed by atoms with Crippen molar-refractivity contribution in [1.82, 2.24) is 14.9 Å². The molecule has 4 rings (SSSR count). The number of hydrogen-bond donors (Lipinski definition) is 1. The molecule has 30 heavy (non-hydrogen) atoms. The molecule has 3 heterocycles. The number of anilines is 1. The number of amides is 2. The van der Waals surface area contributed by atoms with E-state index in [-0.39, 0.29) is 17.6 Å². The molecule has 0 radical (unpaired) electrons. The van der Waals surface area contributed by atoms with E-state index in [2.05, 4.69) is 15.3 Å². The van der Waals surface area contributed by atoms with E-state index in [1.807, 2.05) is 44.2 Å². The van der Waals surface area contributed by atoms with E-state index in [0.29, 0.717) is 23.8 Å². The summed E-state index contributed by atoms with van der Waals surface area (Å²) >= 11 is 1.47. The number of benzene rings is 1. The highest BCUT2D eigenvalue weighted by atomic mass is 32.2. The molecule has 3 aromatic rings. The van der Waals surface area contributed by atoms with E-state index in [1.54, 1.807) is 17.0 Å². The van der Waals surface area contributed by atoms with Gasteiger partial charge in [0.25, 0.3) is 5.91 Å². The fourth-order valence-electron chi connectivity index (χ4n) is 3.50. The van der Waals surface area contributed by atoms with E-state index in [0.717, 1.165) is 22.7 Å². The van der Waals surface area contributed by atoms with Crippen LogP contribution in [0.5, 0.6) is 0 Å². The van der Waals surface area contributed by atoms with Crippen LogP contribution in [0.15, 0.2) is 63.2 Å². The highest BCUT2D eigenvalue weighted by molar-refractivity contribution is 7.99. The standard InChI is InChI=1S/C22H22N4O3S/c1-14-13-15(2)24-22(23-14)30-17-9-7-16(8-10-17)25-20(27)18-5-3-11-26(18)21(28)19-6-4-12-29-19/h4,6-10,12-13,18H,3,5,11H2,1-2H3,(H,25,27)/t18-/m0/s1. The molecule has 1 atom stereocenters. The Morgan fingerprint density at radius 2 is 1.87 bits per heavy atom. The Morgan fingerprint density at radius 1 is 1.13 bits per heavy atom. The van der Waals surface area contributed by atoms with Crippen LogP contribution in [-0.2, 0) is 4.79 Å². The van der Waals surface area contributed by atoms with Crippen molar-refractivity contribution >= 4 is 29.3 Å². The Hall–Kier alpha value is -3.13. The number of furan rings is 1. The van der Waals surface area contributed by atoms with Gasteiger partial charge in [0.15, 0.2) is 10.9 Å². The van der Waals surface area contributed by atoms with Gasteiger partial charge in [-0.25, -0.2) is 9.97 Å². The average Bonchev–Trinajstić information content (AvgIpc) is 3.40. The second-order valence-corrected chi connectivity index (χ2v) is 8.22. The molecule has 7 nitrogen and oxygen atoms in total. The van der Waals surface area contributed by atoms with Gasteiger partial charge in [-0.15, -0.1) is 0 Å². The molecule has 1 aromatic carbocycles. The molecule has 1 aliphatic heterocycles. The lowest BCUT2D eigenvalue weighted by Crippen LogP contribution is -2.43. The largest absolute Gasteiger partial charge is 0.459 e. The molecule has 0 spiro atoms. The van der Waals surface area contributed by atoms with Crippen molar-refractivity contribution in [2.45, 2.75) is 42.8 Å². The van der Waals surface area contributed by atoms with Crippen molar-refractivity contribution < 1.29 is 14.0 Å². The molecular weight excluding hydrogens is 400 g/mol. The molecule has 0 unspecified atom stereocenters. The number of rotatable bonds is 5. The number of carbonyl (C=O) groups is 2. The summed E-state index contributed by atoms with van der Waals surface area (Å²) < 4.78 is 5.20. The zero-order valence-corrected chi connectivity index (χ0v) is 17.6. The van der Waals surface area contributed by atoms with E-state index in [4.69, 9.17) is 4.42 Å². The van der Waals surface area contributed by atoms with E-state index >= 15 is 0 Å². The summed E-state index contributed by atoms with van der Waals surface area (Å²) in [7, 11) is 0. The van der Waals surface area contributed by atoms with Crippen LogP contribution in [0, 0.1) is 13.8 Å². The monoisotopic (exact) mass is 422 g/mol. The van der Waals surface area contributed by atoms with Gasteiger partial charge >= 0.3 is 0 Å². The van der Waals surface area contributed by atoms with E-state index < -0.39 is 6.04 Å². The Morgan fingerprint density at radius 3 is 2.53 bits per heavy atom. The number of likely N-dealkylation sites (tertiary alicyclic amines) is 1. The smallest absolute Gasteiger partial charge is 0.290 e. The SMILES string of the molecule is Cc1cc(C)nc(Sc2ccc(NC(=O)[C@@H]3CCCN3C(=O)c3ccco3)cc2)n1. The third kappa shape index (κ3) is 4.54. The summed E-state index contributed by atoms with van der Waals surface area (Å²) in [5, 5.41) is 3.62. The molecular formula is C22H22N4O3S. The van der Waals surface area contributed by atoms with Crippen molar-refractivity contribution in [3.05, 3.63) is 65.9 Å². The topological polar surface area (TPSA) is 88.3 Å². The molecule has 2 aromatic heterocycles. The molecule has 0 saturated carbocycles. The highest BCUT2D eigenvalue weighted by Crippen LogP contribution is 2.27. The van der Waals surface area contributed by atoms with Crippen LogP contribution < -0.4 is 5.32 Å². The van der Waals surface area contributed by atoms with Gasteiger partial charge in [-0.3, -0.25) is 9.59 Å². The van der Waals surface area contributed by atoms with Crippen LogP contribution >= 0.6 is 11.8 Å². The van der Waals surface area contributed by atoms with Crippen LogP contribution in [0.4, 0.5) is 5.69 Å². The Bertz CT molecular complexity index is 1030. The maximum absolute atomic E-state index is 12.8. The Balaban J connectivity index is 1.40. The normalized spacial score (nSPS) is 15.9.